The topological polar surface area (TPSA) is 46.5 Å². The molecule has 22 heavy (non-hydrogen) atoms. The van der Waals surface area contributed by atoms with E-state index in [1.54, 1.807) is 0 Å². The normalized spacial score (nSPS) is 32.3. The molecule has 0 aromatic heterocycles. The molecule has 4 rings (SSSR count). The summed E-state index contributed by atoms with van der Waals surface area (Å²) in [5.74, 6) is 0.549. The summed E-state index contributed by atoms with van der Waals surface area (Å²) in [6, 6.07) is 7.49. The van der Waals surface area contributed by atoms with E-state index in [9.17, 15) is 9.90 Å². The molecule has 1 aromatic carbocycles. The first kappa shape index (κ1) is 14.6. The van der Waals surface area contributed by atoms with Crippen LogP contribution in [-0.2, 0) is 10.4 Å². The summed E-state index contributed by atoms with van der Waals surface area (Å²) in [5.41, 5.74) is 0.155. The predicted molar refractivity (Wildman–Crippen MR) is 86.9 cm³/mol. The average molecular weight is 318 g/mol. The first-order valence-electron chi connectivity index (χ1n) is 8.34. The van der Waals surface area contributed by atoms with Crippen LogP contribution in [0.3, 0.4) is 0 Å². The molecule has 3 fully saturated rings. The van der Waals surface area contributed by atoms with Crippen LogP contribution >= 0.6 is 11.8 Å². The number of carbonyl (C=O) groups is 1. The van der Waals surface area contributed by atoms with Gasteiger partial charge in [-0.25, -0.2) is 0 Å². The van der Waals surface area contributed by atoms with Gasteiger partial charge in [0.05, 0.1) is 11.5 Å². The minimum absolute atomic E-state index is 0.0574. The molecule has 3 nitrogen and oxygen atoms in total. The van der Waals surface area contributed by atoms with Crippen LogP contribution in [-0.4, -0.2) is 21.6 Å². The Hall–Kier alpha value is -1.00. The maximum absolute atomic E-state index is 12.4. The highest BCUT2D eigenvalue weighted by Crippen LogP contribution is 2.49. The van der Waals surface area contributed by atoms with Crippen LogP contribution in [0, 0.1) is 5.92 Å². The zero-order valence-corrected chi connectivity index (χ0v) is 13.5. The molecule has 2 aliphatic heterocycles. The van der Waals surface area contributed by atoms with Crippen LogP contribution in [0.2, 0.25) is 0 Å². The van der Waals surface area contributed by atoms with Crippen molar-refractivity contribution >= 4 is 17.7 Å². The van der Waals surface area contributed by atoms with E-state index in [1.165, 1.54) is 6.42 Å². The number of hydrogen-bond donors (Lipinski definition) is 1. The van der Waals surface area contributed by atoms with Crippen LogP contribution in [0.1, 0.15) is 50.5 Å². The van der Waals surface area contributed by atoms with Crippen molar-refractivity contribution in [2.75, 3.05) is 0 Å². The molecule has 2 heterocycles. The first-order chi connectivity index (χ1) is 10.6. The fourth-order valence-corrected chi connectivity index (χ4v) is 5.94. The van der Waals surface area contributed by atoms with Crippen molar-refractivity contribution in [2.45, 2.75) is 61.0 Å². The summed E-state index contributed by atoms with van der Waals surface area (Å²) < 4.78 is 5.63. The number of fused-ring (bicyclic) bond motifs is 2. The lowest BCUT2D eigenvalue weighted by Crippen LogP contribution is -2.28. The number of benzene rings is 1. The SMILES string of the molecule is O=C(Oc1cccc(C2(O)CCCC2)c1)C1CC2CCC1S2. The summed E-state index contributed by atoms with van der Waals surface area (Å²) in [6.07, 6.45) is 7.08. The molecule has 0 spiro atoms. The van der Waals surface area contributed by atoms with Gasteiger partial charge in [-0.05, 0) is 49.8 Å². The molecule has 1 aliphatic carbocycles. The zero-order chi connectivity index (χ0) is 15.2. The smallest absolute Gasteiger partial charge is 0.315 e. The third-order valence-corrected chi connectivity index (χ3v) is 7.16. The van der Waals surface area contributed by atoms with E-state index < -0.39 is 5.60 Å². The van der Waals surface area contributed by atoms with E-state index in [0.717, 1.165) is 44.1 Å². The zero-order valence-electron chi connectivity index (χ0n) is 12.7. The Kier molecular flexibility index (Phi) is 3.69. The van der Waals surface area contributed by atoms with E-state index in [0.29, 0.717) is 16.2 Å². The molecule has 3 atom stereocenters. The second-order valence-corrected chi connectivity index (χ2v) is 8.45. The molecule has 0 radical (unpaired) electrons. The van der Waals surface area contributed by atoms with Gasteiger partial charge in [0.2, 0.25) is 0 Å². The molecule has 2 saturated heterocycles. The van der Waals surface area contributed by atoms with Gasteiger partial charge in [-0.3, -0.25) is 4.79 Å². The van der Waals surface area contributed by atoms with Crippen molar-refractivity contribution < 1.29 is 14.6 Å². The second kappa shape index (κ2) is 5.57. The Bertz CT molecular complexity index is 579. The molecule has 0 amide bonds. The predicted octanol–water partition coefficient (Wildman–Crippen LogP) is 3.64. The van der Waals surface area contributed by atoms with Crippen LogP contribution in [0.15, 0.2) is 24.3 Å². The first-order valence-corrected chi connectivity index (χ1v) is 9.28. The average Bonchev–Trinajstić information content (AvgIpc) is 3.24. The standard InChI is InChI=1S/C18H22O3S/c19-17(15-11-14-6-7-16(15)22-14)21-13-5-3-4-12(10-13)18(20)8-1-2-9-18/h3-5,10,14-16,20H,1-2,6-9,11H2. The lowest BCUT2D eigenvalue weighted by Gasteiger charge is -2.23. The maximum Gasteiger partial charge on any atom is 0.315 e. The minimum Gasteiger partial charge on any atom is -0.426 e. The Morgan fingerprint density at radius 3 is 2.77 bits per heavy atom. The number of esters is 1. The lowest BCUT2D eigenvalue weighted by molar-refractivity contribution is -0.139. The highest BCUT2D eigenvalue weighted by Gasteiger charge is 2.45. The fourth-order valence-electron chi connectivity index (χ4n) is 4.18. The quantitative estimate of drug-likeness (QED) is 0.683. The largest absolute Gasteiger partial charge is 0.426 e. The Morgan fingerprint density at radius 2 is 2.09 bits per heavy atom. The summed E-state index contributed by atoms with van der Waals surface area (Å²) in [4.78, 5) is 12.4. The van der Waals surface area contributed by atoms with Gasteiger partial charge in [-0.1, -0.05) is 25.0 Å². The van der Waals surface area contributed by atoms with E-state index in [2.05, 4.69) is 0 Å². The monoisotopic (exact) mass is 318 g/mol. The van der Waals surface area contributed by atoms with Crippen molar-refractivity contribution in [3.05, 3.63) is 29.8 Å². The number of aliphatic hydroxyl groups is 1. The Balaban J connectivity index is 1.48. The van der Waals surface area contributed by atoms with Gasteiger partial charge in [0.1, 0.15) is 5.75 Å². The Morgan fingerprint density at radius 1 is 1.27 bits per heavy atom. The van der Waals surface area contributed by atoms with Gasteiger partial charge >= 0.3 is 5.97 Å². The highest BCUT2D eigenvalue weighted by molar-refractivity contribution is 8.01. The van der Waals surface area contributed by atoms with Gasteiger partial charge in [0.25, 0.3) is 0 Å². The van der Waals surface area contributed by atoms with Crippen molar-refractivity contribution in [3.63, 3.8) is 0 Å². The summed E-state index contributed by atoms with van der Waals surface area (Å²) in [6.45, 7) is 0. The van der Waals surface area contributed by atoms with Gasteiger partial charge in [-0.15, -0.1) is 0 Å². The molecule has 1 saturated carbocycles. The molecule has 2 bridgehead atoms. The van der Waals surface area contributed by atoms with E-state index in [4.69, 9.17) is 4.74 Å². The summed E-state index contributed by atoms with van der Waals surface area (Å²) in [7, 11) is 0. The number of carbonyl (C=O) groups excluding carboxylic acids is 1. The molecule has 4 heteroatoms. The molecule has 1 N–H and O–H groups in total. The van der Waals surface area contributed by atoms with Crippen molar-refractivity contribution in [1.82, 2.24) is 0 Å². The van der Waals surface area contributed by atoms with E-state index in [-0.39, 0.29) is 11.9 Å². The highest BCUT2D eigenvalue weighted by atomic mass is 32.2. The maximum atomic E-state index is 12.4. The lowest BCUT2D eigenvalue weighted by atomic mass is 9.89. The van der Waals surface area contributed by atoms with Gasteiger partial charge in [0, 0.05) is 10.5 Å². The second-order valence-electron chi connectivity index (χ2n) is 6.90. The van der Waals surface area contributed by atoms with Crippen LogP contribution in [0.4, 0.5) is 0 Å². The molecule has 3 aliphatic rings. The molecule has 1 aromatic rings. The van der Waals surface area contributed by atoms with Gasteiger partial charge < -0.3 is 9.84 Å². The summed E-state index contributed by atoms with van der Waals surface area (Å²) in [5, 5.41) is 11.8. The number of hydrogen-bond acceptors (Lipinski definition) is 4. The third kappa shape index (κ3) is 2.56. The van der Waals surface area contributed by atoms with Crippen LogP contribution < -0.4 is 4.74 Å². The molecule has 3 unspecified atom stereocenters. The minimum atomic E-state index is -0.731. The molecular formula is C18H22O3S. The number of thioether (sulfide) groups is 1. The summed E-state index contributed by atoms with van der Waals surface area (Å²) >= 11 is 1.96. The number of rotatable bonds is 3. The van der Waals surface area contributed by atoms with Crippen LogP contribution in [0.5, 0.6) is 5.75 Å². The number of ether oxygens (including phenoxy) is 1. The van der Waals surface area contributed by atoms with Crippen LogP contribution in [0.25, 0.3) is 0 Å². The van der Waals surface area contributed by atoms with Gasteiger partial charge in [0.15, 0.2) is 0 Å². The van der Waals surface area contributed by atoms with Crippen molar-refractivity contribution in [3.8, 4) is 5.75 Å². The molecule has 118 valence electrons. The van der Waals surface area contributed by atoms with Crippen molar-refractivity contribution in [2.24, 2.45) is 5.92 Å². The third-order valence-electron chi connectivity index (χ3n) is 5.43. The molecular weight excluding hydrogens is 296 g/mol. The fraction of sp³-hybridized carbons (Fsp3) is 0.611. The Labute approximate surface area is 135 Å². The van der Waals surface area contributed by atoms with E-state index in [1.807, 2.05) is 36.0 Å². The van der Waals surface area contributed by atoms with Gasteiger partial charge in [-0.2, -0.15) is 11.8 Å². The van der Waals surface area contributed by atoms with E-state index >= 15 is 0 Å². The van der Waals surface area contributed by atoms with Crippen molar-refractivity contribution in [1.29, 1.82) is 0 Å².